The van der Waals surface area contributed by atoms with Gasteiger partial charge in [0.1, 0.15) is 11.2 Å². The average molecular weight is 347 g/mol. The fourth-order valence-corrected chi connectivity index (χ4v) is 3.52. The first-order valence-corrected chi connectivity index (χ1v) is 8.63. The largest absolute Gasteiger partial charge is 0.455 e. The Morgan fingerprint density at radius 1 is 0.852 bits per heavy atom. The van der Waals surface area contributed by atoms with Crippen molar-refractivity contribution in [3.63, 3.8) is 0 Å². The Hall–Kier alpha value is -3.90. The van der Waals surface area contributed by atoms with Crippen LogP contribution in [0.1, 0.15) is 6.93 Å². The minimum Gasteiger partial charge on any atom is -0.455 e. The Kier molecular flexibility index (Phi) is 3.24. The van der Waals surface area contributed by atoms with E-state index in [1.807, 2.05) is 60.7 Å². The lowest BCUT2D eigenvalue weighted by atomic mass is 9.97. The van der Waals surface area contributed by atoms with Crippen LogP contribution in [0, 0.1) is 11.3 Å². The molecule has 0 radical (unpaired) electrons. The summed E-state index contributed by atoms with van der Waals surface area (Å²) in [5.74, 6) is 0. The van der Waals surface area contributed by atoms with Gasteiger partial charge in [0.15, 0.2) is 0 Å². The van der Waals surface area contributed by atoms with Gasteiger partial charge in [0, 0.05) is 28.1 Å². The van der Waals surface area contributed by atoms with E-state index in [1.54, 1.807) is 18.3 Å². The van der Waals surface area contributed by atoms with Gasteiger partial charge in [0.05, 0.1) is 18.7 Å². The molecule has 3 nitrogen and oxygen atoms in total. The van der Waals surface area contributed by atoms with Crippen molar-refractivity contribution in [2.75, 3.05) is 0 Å². The average Bonchev–Trinajstić information content (AvgIpc) is 3.12. The molecule has 0 unspecified atom stereocenters. The van der Waals surface area contributed by atoms with E-state index >= 15 is 0 Å². The van der Waals surface area contributed by atoms with Crippen LogP contribution in [0.25, 0.3) is 44.3 Å². The lowest BCUT2D eigenvalue weighted by Crippen LogP contribution is -1.85. The molecule has 126 valence electrons. The quantitative estimate of drug-likeness (QED) is 0.383. The predicted octanol–water partition coefficient (Wildman–Crippen LogP) is 6.19. The van der Waals surface area contributed by atoms with Gasteiger partial charge in [-0.2, -0.15) is 5.26 Å². The number of aromatic nitrogens is 1. The van der Waals surface area contributed by atoms with Crippen molar-refractivity contribution < 1.29 is 5.79 Å². The van der Waals surface area contributed by atoms with E-state index in [0.29, 0.717) is 28.5 Å². The van der Waals surface area contributed by atoms with Crippen LogP contribution < -0.4 is 0 Å². The van der Waals surface area contributed by atoms with Crippen LogP contribution in [-0.2, 0) is 0 Å². The summed E-state index contributed by atoms with van der Waals surface area (Å²) in [5, 5.41) is 11.6. The molecule has 0 aliphatic rings. The van der Waals surface area contributed by atoms with Crippen molar-refractivity contribution in [2.24, 2.45) is 0 Å². The van der Waals surface area contributed by atoms with Crippen molar-refractivity contribution in [1.29, 1.82) is 5.26 Å². The fraction of sp³-hybridized carbons (Fsp3) is 0. The van der Waals surface area contributed by atoms with Gasteiger partial charge in [-0.1, -0.05) is 48.5 Å². The summed E-state index contributed by atoms with van der Waals surface area (Å²) < 4.78 is 14.2. The van der Waals surface area contributed by atoms with Gasteiger partial charge < -0.3 is 4.42 Å². The molecule has 0 spiro atoms. The van der Waals surface area contributed by atoms with Crippen molar-refractivity contribution in [3.8, 4) is 28.5 Å². The number of hydrogen-bond acceptors (Lipinski definition) is 3. The zero-order chi connectivity index (χ0) is 19.1. The van der Waals surface area contributed by atoms with Crippen molar-refractivity contribution in [3.05, 3.63) is 90.6 Å². The Morgan fingerprint density at radius 2 is 1.70 bits per heavy atom. The van der Waals surface area contributed by atoms with Crippen LogP contribution in [-0.4, -0.2) is 4.98 Å². The summed E-state index contributed by atoms with van der Waals surface area (Å²) in [4.78, 5) is 4.41. The second-order valence-corrected chi connectivity index (χ2v) is 6.27. The van der Waals surface area contributed by atoms with Crippen LogP contribution in [0.2, 0.25) is 0 Å². The number of pyridine rings is 1. The number of hydrogen-bond donors (Lipinski definition) is 0. The van der Waals surface area contributed by atoms with Crippen molar-refractivity contribution >= 4 is 21.9 Å². The summed E-state index contributed by atoms with van der Waals surface area (Å²) in [6, 6.07) is 25.6. The van der Waals surface area contributed by atoms with Crippen molar-refractivity contribution in [2.45, 2.75) is 0 Å². The number of nitrogens with zero attached hydrogens (tertiary/aromatic N) is 2. The van der Waals surface area contributed by atoms with Crippen molar-refractivity contribution in [1.82, 2.24) is 4.98 Å². The molecule has 2 aromatic heterocycles. The summed E-state index contributed by atoms with van der Waals surface area (Å²) in [5.41, 5.74) is 5.24. The zero-order valence-electron chi connectivity index (χ0n) is 15.3. The maximum absolute atomic E-state index is 9.65. The molecule has 27 heavy (non-hydrogen) atoms. The van der Waals surface area contributed by atoms with Gasteiger partial charge >= 0.3 is 0 Å². The second-order valence-electron chi connectivity index (χ2n) is 6.27. The first-order valence-electron chi connectivity index (χ1n) is 9.13. The third kappa shape index (κ3) is 2.39. The van der Waals surface area contributed by atoms with Crippen LogP contribution in [0.5, 0.6) is 0 Å². The Balaban J connectivity index is 1.89. The number of nitriles is 1. The van der Waals surface area contributed by atoms with Crippen LogP contribution in [0.15, 0.2) is 89.5 Å². The molecule has 3 heteroatoms. The van der Waals surface area contributed by atoms with E-state index in [4.69, 9.17) is 5.79 Å². The molecule has 0 aliphatic heterocycles. The minimum atomic E-state index is 0.398. The van der Waals surface area contributed by atoms with E-state index in [0.717, 1.165) is 27.5 Å². The topological polar surface area (TPSA) is 49.8 Å². The predicted molar refractivity (Wildman–Crippen MR) is 107 cm³/mol. The summed E-state index contributed by atoms with van der Waals surface area (Å²) in [6.45, 7) is 0. The molecule has 0 N–H and O–H groups in total. The second kappa shape index (κ2) is 6.12. The number of furan rings is 1. The molecule has 3 aromatic carbocycles. The van der Waals surface area contributed by atoms with Gasteiger partial charge in [-0.25, -0.2) is 0 Å². The van der Waals surface area contributed by atoms with Crippen LogP contribution in [0.3, 0.4) is 0 Å². The zero-order valence-corrected chi connectivity index (χ0v) is 14.3. The number of para-hydroxylation sites is 1. The van der Waals surface area contributed by atoms with E-state index in [2.05, 4.69) is 11.1 Å². The molecule has 0 saturated heterocycles. The van der Waals surface area contributed by atoms with Gasteiger partial charge in [-0.3, -0.25) is 4.98 Å². The standard InChI is InChI=1S/C24H14N2O/c25-15-17-12-13-19-18-9-6-10-20(21-11-4-5-14-26-21)23(18)27-24(19)22(17)16-7-2-1-3-8-16/h1-14H/i4D. The lowest BCUT2D eigenvalue weighted by Gasteiger charge is -2.05. The number of rotatable bonds is 2. The highest BCUT2D eigenvalue weighted by Crippen LogP contribution is 2.40. The Labute approximate surface area is 157 Å². The van der Waals surface area contributed by atoms with E-state index in [9.17, 15) is 5.26 Å². The summed E-state index contributed by atoms with van der Waals surface area (Å²) in [7, 11) is 0. The van der Waals surface area contributed by atoms with Crippen LogP contribution >= 0.6 is 0 Å². The van der Waals surface area contributed by atoms with E-state index in [-0.39, 0.29) is 0 Å². The molecule has 0 atom stereocenters. The molecule has 0 amide bonds. The van der Waals surface area contributed by atoms with Gasteiger partial charge in [-0.05, 0) is 35.9 Å². The monoisotopic (exact) mass is 347 g/mol. The maximum Gasteiger partial charge on any atom is 0.144 e. The Morgan fingerprint density at radius 3 is 2.52 bits per heavy atom. The van der Waals surface area contributed by atoms with Crippen LogP contribution in [0.4, 0.5) is 0 Å². The molecule has 0 aliphatic carbocycles. The SMILES string of the molecule is [2H]c1ccnc(-c2cccc3c2oc2c(-c4ccccc4)c(C#N)ccc23)c1. The molecule has 5 aromatic rings. The molecule has 2 heterocycles. The first kappa shape index (κ1) is 14.3. The minimum absolute atomic E-state index is 0.398. The molecule has 5 rings (SSSR count). The third-order valence-corrected chi connectivity index (χ3v) is 4.73. The smallest absolute Gasteiger partial charge is 0.144 e. The molecular formula is C24H14N2O. The van der Waals surface area contributed by atoms with Gasteiger partial charge in [0.25, 0.3) is 0 Å². The highest BCUT2D eigenvalue weighted by Gasteiger charge is 2.18. The first-order chi connectivity index (χ1) is 13.8. The fourth-order valence-electron chi connectivity index (χ4n) is 3.52. The molecule has 0 bridgehead atoms. The molecular weight excluding hydrogens is 332 g/mol. The summed E-state index contributed by atoms with van der Waals surface area (Å²) >= 11 is 0. The normalized spacial score (nSPS) is 11.4. The maximum atomic E-state index is 9.65. The summed E-state index contributed by atoms with van der Waals surface area (Å²) in [6.07, 6.45) is 1.63. The Bertz CT molecular complexity index is 1380. The molecule has 0 fully saturated rings. The van der Waals surface area contributed by atoms with E-state index in [1.165, 1.54) is 0 Å². The third-order valence-electron chi connectivity index (χ3n) is 4.73. The molecule has 0 saturated carbocycles. The highest BCUT2D eigenvalue weighted by molar-refractivity contribution is 6.13. The number of benzene rings is 3. The lowest BCUT2D eigenvalue weighted by molar-refractivity contribution is 0.670. The number of fused-ring (bicyclic) bond motifs is 3. The van der Waals surface area contributed by atoms with E-state index < -0.39 is 0 Å². The van der Waals surface area contributed by atoms with Gasteiger partial charge in [0.2, 0.25) is 0 Å². The van der Waals surface area contributed by atoms with Gasteiger partial charge in [-0.15, -0.1) is 0 Å². The highest BCUT2D eigenvalue weighted by atomic mass is 16.3.